The summed E-state index contributed by atoms with van der Waals surface area (Å²) in [5.74, 6) is 0. The smallest absolute Gasteiger partial charge is 0.0598 e. The van der Waals surface area contributed by atoms with E-state index in [1.807, 2.05) is 12.1 Å². The second kappa shape index (κ2) is 5.37. The van der Waals surface area contributed by atoms with Crippen LogP contribution in [0.4, 0.5) is 11.4 Å². The number of rotatable bonds is 3. The predicted octanol–water partition coefficient (Wildman–Crippen LogP) is 4.51. The summed E-state index contributed by atoms with van der Waals surface area (Å²) in [4.78, 5) is 2.11. The van der Waals surface area contributed by atoms with Crippen LogP contribution in [0.1, 0.15) is 23.6 Å². The fourth-order valence-electron chi connectivity index (χ4n) is 2.91. The lowest BCUT2D eigenvalue weighted by molar-refractivity contribution is 0.761. The zero-order valence-corrected chi connectivity index (χ0v) is 12.6. The van der Waals surface area contributed by atoms with Gasteiger partial charge in [-0.25, -0.2) is 0 Å². The van der Waals surface area contributed by atoms with Crippen molar-refractivity contribution in [3.63, 3.8) is 0 Å². The first kappa shape index (κ1) is 13.3. The number of aryl methyl sites for hydroxylation is 1. The number of hydrogen-bond donors (Lipinski definition) is 1. The highest BCUT2D eigenvalue weighted by molar-refractivity contribution is 6.31. The second-order valence-corrected chi connectivity index (χ2v) is 5.93. The van der Waals surface area contributed by atoms with Crippen LogP contribution < -0.4 is 10.2 Å². The molecule has 2 nitrogen and oxygen atoms in total. The maximum atomic E-state index is 6.15. The van der Waals surface area contributed by atoms with E-state index in [0.29, 0.717) is 6.04 Å². The SMILES string of the molecule is CN(C)c1ccc(Cl)cc1NC1CCc2ccccc21. The summed E-state index contributed by atoms with van der Waals surface area (Å²) in [6, 6.07) is 15.1. The van der Waals surface area contributed by atoms with Gasteiger partial charge in [0, 0.05) is 19.1 Å². The Morgan fingerprint density at radius 2 is 1.95 bits per heavy atom. The van der Waals surface area contributed by atoms with E-state index in [-0.39, 0.29) is 0 Å². The van der Waals surface area contributed by atoms with Crippen LogP contribution in [0.5, 0.6) is 0 Å². The zero-order chi connectivity index (χ0) is 14.1. The van der Waals surface area contributed by atoms with E-state index >= 15 is 0 Å². The Morgan fingerprint density at radius 1 is 1.15 bits per heavy atom. The summed E-state index contributed by atoms with van der Waals surface area (Å²) in [5, 5.41) is 4.43. The van der Waals surface area contributed by atoms with Crippen LogP contribution in [0.25, 0.3) is 0 Å². The molecule has 1 aliphatic rings. The number of anilines is 2. The molecule has 3 rings (SSSR count). The Morgan fingerprint density at radius 3 is 2.75 bits per heavy atom. The lowest BCUT2D eigenvalue weighted by Crippen LogP contribution is -2.14. The van der Waals surface area contributed by atoms with E-state index in [1.54, 1.807) is 0 Å². The van der Waals surface area contributed by atoms with Crippen molar-refractivity contribution in [2.24, 2.45) is 0 Å². The van der Waals surface area contributed by atoms with Crippen LogP contribution in [-0.2, 0) is 6.42 Å². The van der Waals surface area contributed by atoms with Crippen molar-refractivity contribution in [3.05, 3.63) is 58.6 Å². The summed E-state index contributed by atoms with van der Waals surface area (Å²) in [6.07, 6.45) is 2.28. The molecule has 104 valence electrons. The minimum Gasteiger partial charge on any atom is -0.377 e. The molecular weight excluding hydrogens is 268 g/mol. The van der Waals surface area contributed by atoms with Crippen LogP contribution in [0.3, 0.4) is 0 Å². The molecule has 0 saturated heterocycles. The van der Waals surface area contributed by atoms with Crippen LogP contribution in [0.15, 0.2) is 42.5 Å². The van der Waals surface area contributed by atoms with Crippen LogP contribution in [0, 0.1) is 0 Å². The summed E-state index contributed by atoms with van der Waals surface area (Å²) >= 11 is 6.15. The van der Waals surface area contributed by atoms with Crippen molar-refractivity contribution >= 4 is 23.0 Å². The molecule has 20 heavy (non-hydrogen) atoms. The van der Waals surface area contributed by atoms with Gasteiger partial charge in [-0.15, -0.1) is 0 Å². The lowest BCUT2D eigenvalue weighted by atomic mass is 10.1. The van der Waals surface area contributed by atoms with Gasteiger partial charge in [0.2, 0.25) is 0 Å². The lowest BCUT2D eigenvalue weighted by Gasteiger charge is -2.22. The number of hydrogen-bond acceptors (Lipinski definition) is 2. The molecule has 3 heteroatoms. The highest BCUT2D eigenvalue weighted by Crippen LogP contribution is 2.37. The van der Waals surface area contributed by atoms with Gasteiger partial charge < -0.3 is 10.2 Å². The van der Waals surface area contributed by atoms with Gasteiger partial charge in [-0.05, 0) is 42.2 Å². The Balaban J connectivity index is 1.91. The van der Waals surface area contributed by atoms with Gasteiger partial charge in [0.1, 0.15) is 0 Å². The molecule has 1 aliphatic carbocycles. The first-order valence-electron chi connectivity index (χ1n) is 6.96. The molecule has 2 aromatic carbocycles. The molecule has 0 heterocycles. The third kappa shape index (κ3) is 2.48. The minimum absolute atomic E-state index is 0.378. The number of benzene rings is 2. The zero-order valence-electron chi connectivity index (χ0n) is 11.9. The molecule has 1 unspecified atom stereocenters. The van der Waals surface area contributed by atoms with Gasteiger partial charge in [-0.3, -0.25) is 0 Å². The largest absolute Gasteiger partial charge is 0.377 e. The van der Waals surface area contributed by atoms with E-state index in [1.165, 1.54) is 16.8 Å². The Hall–Kier alpha value is -1.67. The molecule has 0 spiro atoms. The van der Waals surface area contributed by atoms with Crippen LogP contribution in [0.2, 0.25) is 5.02 Å². The monoisotopic (exact) mass is 286 g/mol. The Kier molecular flexibility index (Phi) is 3.58. The first-order chi connectivity index (χ1) is 9.65. The molecule has 0 radical (unpaired) electrons. The van der Waals surface area contributed by atoms with Crippen LogP contribution in [-0.4, -0.2) is 14.1 Å². The predicted molar refractivity (Wildman–Crippen MR) is 86.9 cm³/mol. The standard InChI is InChI=1S/C17H19ClN2/c1-20(2)17-10-8-13(18)11-16(17)19-15-9-7-12-5-3-4-6-14(12)15/h3-6,8,10-11,15,19H,7,9H2,1-2H3. The fraction of sp³-hybridized carbons (Fsp3) is 0.294. The summed E-state index contributed by atoms with van der Waals surface area (Å²) in [5.41, 5.74) is 5.14. The van der Waals surface area contributed by atoms with Gasteiger partial charge in [0.05, 0.1) is 17.4 Å². The molecule has 0 saturated carbocycles. The highest BCUT2D eigenvalue weighted by Gasteiger charge is 2.22. The normalized spacial score (nSPS) is 16.9. The third-order valence-electron chi connectivity index (χ3n) is 3.90. The molecule has 2 aromatic rings. The molecule has 0 fully saturated rings. The van der Waals surface area contributed by atoms with Crippen molar-refractivity contribution in [2.75, 3.05) is 24.3 Å². The maximum absolute atomic E-state index is 6.15. The molecule has 1 atom stereocenters. The molecule has 0 aliphatic heterocycles. The van der Waals surface area contributed by atoms with Crippen molar-refractivity contribution in [1.29, 1.82) is 0 Å². The molecule has 0 aromatic heterocycles. The topological polar surface area (TPSA) is 15.3 Å². The van der Waals surface area contributed by atoms with E-state index in [0.717, 1.165) is 23.6 Å². The van der Waals surface area contributed by atoms with Crippen molar-refractivity contribution in [2.45, 2.75) is 18.9 Å². The second-order valence-electron chi connectivity index (χ2n) is 5.49. The molecule has 0 amide bonds. The van der Waals surface area contributed by atoms with Gasteiger partial charge in [-0.2, -0.15) is 0 Å². The van der Waals surface area contributed by atoms with Gasteiger partial charge in [0.25, 0.3) is 0 Å². The average Bonchev–Trinajstić information content (AvgIpc) is 2.82. The van der Waals surface area contributed by atoms with Gasteiger partial charge in [-0.1, -0.05) is 35.9 Å². The Labute approximate surface area is 125 Å². The third-order valence-corrected chi connectivity index (χ3v) is 4.14. The number of nitrogens with one attached hydrogen (secondary N) is 1. The van der Waals surface area contributed by atoms with Crippen LogP contribution >= 0.6 is 11.6 Å². The molecule has 1 N–H and O–H groups in total. The summed E-state index contributed by atoms with van der Waals surface area (Å²) in [6.45, 7) is 0. The first-order valence-corrected chi connectivity index (χ1v) is 7.34. The summed E-state index contributed by atoms with van der Waals surface area (Å²) in [7, 11) is 4.11. The number of halogens is 1. The molecular formula is C17H19ClN2. The fourth-order valence-corrected chi connectivity index (χ4v) is 3.08. The molecule has 0 bridgehead atoms. The number of nitrogens with zero attached hydrogens (tertiary/aromatic N) is 1. The summed E-state index contributed by atoms with van der Waals surface area (Å²) < 4.78 is 0. The average molecular weight is 287 g/mol. The van der Waals surface area contributed by atoms with Crippen molar-refractivity contribution < 1.29 is 0 Å². The quantitative estimate of drug-likeness (QED) is 0.893. The van der Waals surface area contributed by atoms with Gasteiger partial charge >= 0.3 is 0 Å². The van der Waals surface area contributed by atoms with E-state index < -0.39 is 0 Å². The van der Waals surface area contributed by atoms with E-state index in [2.05, 4.69) is 54.6 Å². The minimum atomic E-state index is 0.378. The van der Waals surface area contributed by atoms with E-state index in [9.17, 15) is 0 Å². The van der Waals surface area contributed by atoms with Crippen molar-refractivity contribution in [1.82, 2.24) is 0 Å². The highest BCUT2D eigenvalue weighted by atomic mass is 35.5. The van der Waals surface area contributed by atoms with Crippen molar-refractivity contribution in [3.8, 4) is 0 Å². The maximum Gasteiger partial charge on any atom is 0.0598 e. The Bertz CT molecular complexity index is 622. The van der Waals surface area contributed by atoms with E-state index in [4.69, 9.17) is 11.6 Å². The van der Waals surface area contributed by atoms with Gasteiger partial charge in [0.15, 0.2) is 0 Å². The number of fused-ring (bicyclic) bond motifs is 1.